The largest absolute Gasteiger partial charge is 0.241 e. The molecule has 0 bridgehead atoms. The van der Waals surface area contributed by atoms with E-state index in [-0.39, 0.29) is 11.6 Å². The quantitative estimate of drug-likeness (QED) is 0.893. The van der Waals surface area contributed by atoms with Crippen molar-refractivity contribution in [3.05, 3.63) is 62.9 Å². The fourth-order valence-electron chi connectivity index (χ4n) is 2.48. The number of hydrogen-bond acceptors (Lipinski definition) is 2. The van der Waals surface area contributed by atoms with Gasteiger partial charge in [0.1, 0.15) is 5.82 Å². The molecule has 0 saturated carbocycles. The summed E-state index contributed by atoms with van der Waals surface area (Å²) in [5.74, 6) is -0.528. The highest BCUT2D eigenvalue weighted by atomic mass is 35.5. The predicted molar refractivity (Wildman–Crippen MR) is 90.8 cm³/mol. The van der Waals surface area contributed by atoms with Gasteiger partial charge in [-0.3, -0.25) is 0 Å². The van der Waals surface area contributed by atoms with Crippen LogP contribution in [0.15, 0.2) is 29.2 Å². The van der Waals surface area contributed by atoms with Gasteiger partial charge >= 0.3 is 0 Å². The molecule has 1 N–H and O–H groups in total. The molecule has 0 saturated heterocycles. The number of aryl methyl sites for hydroxylation is 2. The number of sulfonamides is 1. The highest BCUT2D eigenvalue weighted by molar-refractivity contribution is 7.89. The van der Waals surface area contributed by atoms with E-state index in [2.05, 4.69) is 4.72 Å². The minimum absolute atomic E-state index is 0.0274. The molecule has 0 atom stereocenters. The van der Waals surface area contributed by atoms with Crippen LogP contribution < -0.4 is 4.72 Å². The van der Waals surface area contributed by atoms with Crippen molar-refractivity contribution in [3.63, 3.8) is 0 Å². The zero-order valence-corrected chi connectivity index (χ0v) is 15.1. The summed E-state index contributed by atoms with van der Waals surface area (Å²) >= 11 is 5.72. The van der Waals surface area contributed by atoms with Gasteiger partial charge in [-0.2, -0.15) is 0 Å². The van der Waals surface area contributed by atoms with Gasteiger partial charge in [-0.05, 0) is 67.6 Å². The van der Waals surface area contributed by atoms with Crippen LogP contribution in [-0.2, 0) is 16.6 Å². The molecule has 0 radical (unpaired) electrons. The van der Waals surface area contributed by atoms with Crippen LogP contribution in [0.25, 0.3) is 0 Å². The fraction of sp³-hybridized carbons (Fsp3) is 0.294. The molecule has 0 aliphatic heterocycles. The van der Waals surface area contributed by atoms with E-state index in [0.717, 1.165) is 22.3 Å². The average Bonchev–Trinajstić information content (AvgIpc) is 2.46. The van der Waals surface area contributed by atoms with E-state index >= 15 is 0 Å². The Bertz CT molecular complexity index is 837. The summed E-state index contributed by atoms with van der Waals surface area (Å²) in [6.07, 6.45) is 0. The smallest absolute Gasteiger partial charge is 0.207 e. The van der Waals surface area contributed by atoms with E-state index in [4.69, 9.17) is 11.6 Å². The lowest BCUT2D eigenvalue weighted by Crippen LogP contribution is -2.25. The molecule has 124 valence electrons. The van der Waals surface area contributed by atoms with Crippen LogP contribution in [0.3, 0.4) is 0 Å². The van der Waals surface area contributed by atoms with E-state index in [1.165, 1.54) is 18.2 Å². The molecule has 0 unspecified atom stereocenters. The molecule has 0 fully saturated rings. The second kappa shape index (κ2) is 6.59. The van der Waals surface area contributed by atoms with Crippen LogP contribution in [0.5, 0.6) is 0 Å². The van der Waals surface area contributed by atoms with Crippen molar-refractivity contribution in [2.75, 3.05) is 0 Å². The van der Waals surface area contributed by atoms with Crippen molar-refractivity contribution in [3.8, 4) is 0 Å². The third-order valence-electron chi connectivity index (χ3n) is 4.02. The number of halogens is 2. The highest BCUT2D eigenvalue weighted by Gasteiger charge is 2.21. The summed E-state index contributed by atoms with van der Waals surface area (Å²) in [6, 6.07) is 6.12. The maximum atomic E-state index is 13.2. The molecular formula is C17H19ClFNO2S. The highest BCUT2D eigenvalue weighted by Crippen LogP contribution is 2.26. The second-order valence-corrected chi connectivity index (χ2v) is 7.77. The Labute approximate surface area is 141 Å². The van der Waals surface area contributed by atoms with Gasteiger partial charge in [-0.1, -0.05) is 23.7 Å². The van der Waals surface area contributed by atoms with Crippen molar-refractivity contribution in [1.29, 1.82) is 0 Å². The Balaban J connectivity index is 2.35. The first kappa shape index (κ1) is 17.9. The summed E-state index contributed by atoms with van der Waals surface area (Å²) in [7, 11) is -3.67. The number of hydrogen-bond donors (Lipinski definition) is 1. The Morgan fingerprint density at radius 3 is 2.13 bits per heavy atom. The third-order valence-corrected chi connectivity index (χ3v) is 5.98. The molecule has 0 aromatic heterocycles. The van der Waals surface area contributed by atoms with Crippen LogP contribution in [0.4, 0.5) is 4.39 Å². The fourth-order valence-corrected chi connectivity index (χ4v) is 4.32. The normalized spacial score (nSPS) is 11.7. The Kier molecular flexibility index (Phi) is 5.14. The summed E-state index contributed by atoms with van der Waals surface area (Å²) in [6.45, 7) is 7.42. The van der Waals surface area contributed by atoms with E-state index in [9.17, 15) is 12.8 Å². The Morgan fingerprint density at radius 2 is 1.61 bits per heavy atom. The molecule has 2 rings (SSSR count). The van der Waals surface area contributed by atoms with Gasteiger partial charge in [0.15, 0.2) is 0 Å². The van der Waals surface area contributed by atoms with Crippen molar-refractivity contribution in [2.24, 2.45) is 0 Å². The van der Waals surface area contributed by atoms with Crippen LogP contribution in [0.1, 0.15) is 27.8 Å². The van der Waals surface area contributed by atoms with Crippen molar-refractivity contribution in [2.45, 2.75) is 39.1 Å². The molecule has 0 aliphatic carbocycles. The minimum atomic E-state index is -3.67. The minimum Gasteiger partial charge on any atom is -0.207 e. The van der Waals surface area contributed by atoms with Gasteiger partial charge in [0.25, 0.3) is 0 Å². The van der Waals surface area contributed by atoms with Crippen molar-refractivity contribution in [1.82, 2.24) is 4.72 Å². The average molecular weight is 356 g/mol. The molecule has 2 aromatic carbocycles. The molecule has 0 amide bonds. The number of rotatable bonds is 4. The summed E-state index contributed by atoms with van der Waals surface area (Å²) in [5.41, 5.74) is 3.92. The van der Waals surface area contributed by atoms with Crippen LogP contribution in [-0.4, -0.2) is 8.42 Å². The van der Waals surface area contributed by atoms with Crippen LogP contribution >= 0.6 is 11.6 Å². The lowest BCUT2D eigenvalue weighted by molar-refractivity contribution is 0.579. The zero-order valence-electron chi connectivity index (χ0n) is 13.5. The van der Waals surface area contributed by atoms with E-state index in [1.807, 2.05) is 19.9 Å². The van der Waals surface area contributed by atoms with Gasteiger partial charge in [0.05, 0.1) is 9.92 Å². The van der Waals surface area contributed by atoms with Gasteiger partial charge < -0.3 is 0 Å². The number of benzene rings is 2. The SMILES string of the molecule is Cc1cc(C)c(C)c(S(=O)(=O)NCc2ccc(F)c(Cl)c2)c1C. The van der Waals surface area contributed by atoms with Crippen LogP contribution in [0.2, 0.25) is 5.02 Å². The molecule has 6 heteroatoms. The lowest BCUT2D eigenvalue weighted by Gasteiger charge is -2.16. The predicted octanol–water partition coefficient (Wildman–Crippen LogP) is 4.19. The lowest BCUT2D eigenvalue weighted by atomic mass is 10.0. The third kappa shape index (κ3) is 3.74. The first-order chi connectivity index (χ1) is 10.6. The molecule has 0 aliphatic rings. The monoisotopic (exact) mass is 355 g/mol. The zero-order chi connectivity index (χ0) is 17.4. The van der Waals surface area contributed by atoms with Gasteiger partial charge in [0.2, 0.25) is 10.0 Å². The van der Waals surface area contributed by atoms with E-state index in [1.54, 1.807) is 13.8 Å². The Morgan fingerprint density at radius 1 is 1.04 bits per heavy atom. The topological polar surface area (TPSA) is 46.2 Å². The standard InChI is InChI=1S/C17H19ClFNO2S/c1-10-7-11(2)13(4)17(12(10)3)23(21,22)20-9-14-5-6-16(19)15(18)8-14/h5-8,20H,9H2,1-4H3. The van der Waals surface area contributed by atoms with Crippen LogP contribution in [0, 0.1) is 33.5 Å². The summed E-state index contributed by atoms with van der Waals surface area (Å²) in [4.78, 5) is 0.309. The molecule has 0 heterocycles. The van der Waals surface area contributed by atoms with E-state index in [0.29, 0.717) is 10.5 Å². The molecule has 0 spiro atoms. The Hall–Kier alpha value is -1.43. The summed E-state index contributed by atoms with van der Waals surface area (Å²) < 4.78 is 41.1. The van der Waals surface area contributed by atoms with E-state index < -0.39 is 15.8 Å². The van der Waals surface area contributed by atoms with Crippen molar-refractivity contribution >= 4 is 21.6 Å². The molecular weight excluding hydrogens is 337 g/mol. The maximum Gasteiger partial charge on any atom is 0.241 e. The van der Waals surface area contributed by atoms with Gasteiger partial charge in [-0.25, -0.2) is 17.5 Å². The van der Waals surface area contributed by atoms with Gasteiger partial charge in [-0.15, -0.1) is 0 Å². The molecule has 2 aromatic rings. The maximum absolute atomic E-state index is 13.2. The first-order valence-corrected chi connectivity index (χ1v) is 9.00. The first-order valence-electron chi connectivity index (χ1n) is 7.14. The van der Waals surface area contributed by atoms with Crippen molar-refractivity contribution < 1.29 is 12.8 Å². The molecule has 3 nitrogen and oxygen atoms in total. The number of nitrogens with one attached hydrogen (secondary N) is 1. The molecule has 23 heavy (non-hydrogen) atoms. The summed E-state index contributed by atoms with van der Waals surface area (Å²) in [5, 5.41) is -0.0274. The second-order valence-electron chi connectivity index (χ2n) is 5.66. The van der Waals surface area contributed by atoms with Gasteiger partial charge in [0, 0.05) is 6.54 Å².